The van der Waals surface area contributed by atoms with Gasteiger partial charge in [0.05, 0.1) is 20.8 Å². The Labute approximate surface area is 128 Å². The molecule has 0 saturated carbocycles. The number of methoxy groups -OCH3 is 2. The Morgan fingerprint density at radius 3 is 2.19 bits per heavy atom. The first-order valence-corrected chi connectivity index (χ1v) is 7.88. The number of ether oxygens (including phenoxy) is 3. The monoisotopic (exact) mass is 295 g/mol. The van der Waals surface area contributed by atoms with Gasteiger partial charge >= 0.3 is 0 Å². The van der Waals surface area contributed by atoms with Crippen LogP contribution in [0.15, 0.2) is 18.2 Å². The molecule has 0 aliphatic rings. The predicted molar refractivity (Wildman–Crippen MR) is 86.7 cm³/mol. The molecule has 0 heterocycles. The van der Waals surface area contributed by atoms with Crippen molar-refractivity contribution >= 4 is 0 Å². The van der Waals surface area contributed by atoms with Crippen LogP contribution < -0.4 is 19.5 Å². The van der Waals surface area contributed by atoms with E-state index in [0.717, 1.165) is 31.0 Å². The second-order valence-electron chi connectivity index (χ2n) is 5.00. The van der Waals surface area contributed by atoms with Gasteiger partial charge in [0.1, 0.15) is 0 Å². The van der Waals surface area contributed by atoms with E-state index in [1.54, 1.807) is 14.2 Å². The fraction of sp³-hybridized carbons (Fsp3) is 0.647. The van der Waals surface area contributed by atoms with Crippen molar-refractivity contribution in [3.05, 3.63) is 18.2 Å². The fourth-order valence-electron chi connectivity index (χ4n) is 2.14. The zero-order chi connectivity index (χ0) is 15.3. The molecule has 0 radical (unpaired) electrons. The minimum atomic E-state index is 0.694. The van der Waals surface area contributed by atoms with Gasteiger partial charge in [0.2, 0.25) is 5.75 Å². The number of para-hydroxylation sites is 1. The van der Waals surface area contributed by atoms with Gasteiger partial charge in [-0.2, -0.15) is 0 Å². The molecule has 1 N–H and O–H groups in total. The predicted octanol–water partition coefficient (Wildman–Crippen LogP) is 3.64. The Balaban J connectivity index is 2.20. The van der Waals surface area contributed by atoms with Gasteiger partial charge in [0, 0.05) is 0 Å². The highest BCUT2D eigenvalue weighted by molar-refractivity contribution is 5.51. The second-order valence-corrected chi connectivity index (χ2v) is 5.00. The number of hydrogen-bond acceptors (Lipinski definition) is 4. The lowest BCUT2D eigenvalue weighted by Gasteiger charge is -2.14. The van der Waals surface area contributed by atoms with Crippen molar-refractivity contribution in [2.45, 2.75) is 39.0 Å². The van der Waals surface area contributed by atoms with E-state index in [9.17, 15) is 0 Å². The normalized spacial score (nSPS) is 10.4. The molecule has 0 fully saturated rings. The van der Waals surface area contributed by atoms with E-state index in [1.165, 1.54) is 25.7 Å². The summed E-state index contributed by atoms with van der Waals surface area (Å²) >= 11 is 0. The quantitative estimate of drug-likeness (QED) is 0.598. The van der Waals surface area contributed by atoms with Gasteiger partial charge in [0.25, 0.3) is 0 Å². The maximum Gasteiger partial charge on any atom is 0.203 e. The van der Waals surface area contributed by atoms with Gasteiger partial charge < -0.3 is 19.5 Å². The lowest BCUT2D eigenvalue weighted by atomic mass is 10.2. The Kier molecular flexibility index (Phi) is 9.46. The molecule has 1 aromatic carbocycles. The SMILES string of the molecule is CCCNCCCCCCOc1c(OC)cccc1OC. The number of benzene rings is 1. The molecule has 1 rings (SSSR count). The van der Waals surface area contributed by atoms with Crippen LogP contribution in [0.4, 0.5) is 0 Å². The minimum Gasteiger partial charge on any atom is -0.493 e. The first-order valence-electron chi connectivity index (χ1n) is 7.88. The van der Waals surface area contributed by atoms with Crippen LogP contribution in [0.25, 0.3) is 0 Å². The zero-order valence-corrected chi connectivity index (χ0v) is 13.6. The van der Waals surface area contributed by atoms with E-state index in [4.69, 9.17) is 14.2 Å². The van der Waals surface area contributed by atoms with Crippen LogP contribution in [0.3, 0.4) is 0 Å². The molecule has 0 amide bonds. The van der Waals surface area contributed by atoms with Crippen LogP contribution in [0.1, 0.15) is 39.0 Å². The highest BCUT2D eigenvalue weighted by Crippen LogP contribution is 2.36. The third kappa shape index (κ3) is 6.71. The van der Waals surface area contributed by atoms with Gasteiger partial charge in [-0.15, -0.1) is 0 Å². The first-order chi connectivity index (χ1) is 10.3. The van der Waals surface area contributed by atoms with Crippen molar-refractivity contribution in [1.82, 2.24) is 5.32 Å². The van der Waals surface area contributed by atoms with E-state index < -0.39 is 0 Å². The highest BCUT2D eigenvalue weighted by Gasteiger charge is 2.10. The summed E-state index contributed by atoms with van der Waals surface area (Å²) in [6.45, 7) is 5.13. The van der Waals surface area contributed by atoms with Crippen molar-refractivity contribution < 1.29 is 14.2 Å². The van der Waals surface area contributed by atoms with E-state index >= 15 is 0 Å². The molecular weight excluding hydrogens is 266 g/mol. The Morgan fingerprint density at radius 2 is 1.57 bits per heavy atom. The van der Waals surface area contributed by atoms with Gasteiger partial charge in [0.15, 0.2) is 11.5 Å². The molecule has 4 heteroatoms. The largest absolute Gasteiger partial charge is 0.493 e. The van der Waals surface area contributed by atoms with Gasteiger partial charge in [-0.05, 0) is 44.5 Å². The standard InChI is InChI=1S/C17H29NO3/c1-4-12-18-13-7-5-6-8-14-21-17-15(19-2)10-9-11-16(17)20-3/h9-11,18H,4-8,12-14H2,1-3H3. The van der Waals surface area contributed by atoms with Crippen LogP contribution >= 0.6 is 0 Å². The molecule has 0 unspecified atom stereocenters. The number of hydrogen-bond donors (Lipinski definition) is 1. The van der Waals surface area contributed by atoms with Crippen molar-refractivity contribution in [3.8, 4) is 17.2 Å². The lowest BCUT2D eigenvalue weighted by Crippen LogP contribution is -2.15. The molecule has 21 heavy (non-hydrogen) atoms. The molecule has 0 aliphatic heterocycles. The number of rotatable bonds is 12. The maximum absolute atomic E-state index is 5.83. The molecule has 4 nitrogen and oxygen atoms in total. The Hall–Kier alpha value is -1.42. The minimum absolute atomic E-state index is 0.694. The average Bonchev–Trinajstić information content (AvgIpc) is 2.53. The average molecular weight is 295 g/mol. The summed E-state index contributed by atoms with van der Waals surface area (Å²) in [6.07, 6.45) is 5.91. The summed E-state index contributed by atoms with van der Waals surface area (Å²) in [6, 6.07) is 5.67. The summed E-state index contributed by atoms with van der Waals surface area (Å²) in [4.78, 5) is 0. The van der Waals surface area contributed by atoms with Gasteiger partial charge in [-0.3, -0.25) is 0 Å². The van der Waals surface area contributed by atoms with E-state index in [0.29, 0.717) is 12.4 Å². The summed E-state index contributed by atoms with van der Waals surface area (Å²) in [7, 11) is 3.29. The summed E-state index contributed by atoms with van der Waals surface area (Å²) in [5.41, 5.74) is 0. The Bertz CT molecular complexity index is 360. The number of nitrogens with one attached hydrogen (secondary N) is 1. The van der Waals surface area contributed by atoms with Crippen molar-refractivity contribution in [3.63, 3.8) is 0 Å². The van der Waals surface area contributed by atoms with E-state index in [2.05, 4.69) is 12.2 Å². The molecule has 0 spiro atoms. The van der Waals surface area contributed by atoms with E-state index in [1.807, 2.05) is 18.2 Å². The third-order valence-electron chi connectivity index (χ3n) is 3.30. The third-order valence-corrected chi connectivity index (χ3v) is 3.30. The van der Waals surface area contributed by atoms with Crippen molar-refractivity contribution in [2.24, 2.45) is 0 Å². The highest BCUT2D eigenvalue weighted by atomic mass is 16.5. The molecule has 1 aromatic rings. The fourth-order valence-corrected chi connectivity index (χ4v) is 2.14. The van der Waals surface area contributed by atoms with Crippen LogP contribution in [0.5, 0.6) is 17.2 Å². The summed E-state index contributed by atoms with van der Waals surface area (Å²) < 4.78 is 16.4. The number of unbranched alkanes of at least 4 members (excludes halogenated alkanes) is 3. The topological polar surface area (TPSA) is 39.7 Å². The van der Waals surface area contributed by atoms with E-state index in [-0.39, 0.29) is 0 Å². The molecule has 120 valence electrons. The van der Waals surface area contributed by atoms with Crippen LogP contribution in [-0.2, 0) is 0 Å². The summed E-state index contributed by atoms with van der Waals surface area (Å²) in [5, 5.41) is 3.42. The lowest BCUT2D eigenvalue weighted by molar-refractivity contribution is 0.267. The zero-order valence-electron chi connectivity index (χ0n) is 13.6. The summed E-state index contributed by atoms with van der Waals surface area (Å²) in [5.74, 6) is 2.14. The van der Waals surface area contributed by atoms with Crippen LogP contribution in [-0.4, -0.2) is 33.9 Å². The van der Waals surface area contributed by atoms with Crippen molar-refractivity contribution in [2.75, 3.05) is 33.9 Å². The molecular formula is C17H29NO3. The van der Waals surface area contributed by atoms with Crippen LogP contribution in [0.2, 0.25) is 0 Å². The smallest absolute Gasteiger partial charge is 0.203 e. The molecule has 0 bridgehead atoms. The Morgan fingerprint density at radius 1 is 0.905 bits per heavy atom. The first kappa shape index (κ1) is 17.6. The van der Waals surface area contributed by atoms with Crippen molar-refractivity contribution in [1.29, 1.82) is 0 Å². The maximum atomic E-state index is 5.83. The molecule has 0 aliphatic carbocycles. The van der Waals surface area contributed by atoms with Crippen LogP contribution in [0, 0.1) is 0 Å². The second kappa shape index (κ2) is 11.3. The van der Waals surface area contributed by atoms with Gasteiger partial charge in [-0.25, -0.2) is 0 Å². The molecule has 0 saturated heterocycles. The molecule has 0 atom stereocenters. The molecule has 0 aromatic heterocycles. The van der Waals surface area contributed by atoms with Gasteiger partial charge in [-0.1, -0.05) is 25.8 Å².